The van der Waals surface area contributed by atoms with Crippen LogP contribution in [0.3, 0.4) is 0 Å². The SMILES string of the molecule is O=C(NC[C@H](Nc1c(Cl)cccc1Cl)C(=O)O)NC1CCc2ccccc2C1. The Morgan fingerprint density at radius 3 is 2.43 bits per heavy atom. The van der Waals surface area contributed by atoms with E-state index < -0.39 is 18.0 Å². The number of anilines is 1. The summed E-state index contributed by atoms with van der Waals surface area (Å²) in [5.41, 5.74) is 2.87. The Hall–Kier alpha value is -2.44. The zero-order valence-corrected chi connectivity index (χ0v) is 16.6. The molecule has 0 saturated heterocycles. The van der Waals surface area contributed by atoms with Gasteiger partial charge in [0.15, 0.2) is 0 Å². The molecule has 1 aliphatic carbocycles. The summed E-state index contributed by atoms with van der Waals surface area (Å²) in [5, 5.41) is 18.4. The van der Waals surface area contributed by atoms with E-state index in [0.717, 1.165) is 19.3 Å². The van der Waals surface area contributed by atoms with Crippen LogP contribution in [0.4, 0.5) is 10.5 Å². The van der Waals surface area contributed by atoms with Crippen LogP contribution in [0.25, 0.3) is 0 Å². The number of rotatable bonds is 6. The summed E-state index contributed by atoms with van der Waals surface area (Å²) in [5.74, 6) is -1.12. The second-order valence-electron chi connectivity index (χ2n) is 6.69. The number of fused-ring (bicyclic) bond motifs is 1. The highest BCUT2D eigenvalue weighted by molar-refractivity contribution is 6.39. The molecule has 148 valence electrons. The first-order valence-corrected chi connectivity index (χ1v) is 9.74. The molecule has 2 aromatic rings. The van der Waals surface area contributed by atoms with E-state index in [0.29, 0.717) is 15.7 Å². The molecular weight excluding hydrogens is 401 g/mol. The average Bonchev–Trinajstić information content (AvgIpc) is 2.66. The summed E-state index contributed by atoms with van der Waals surface area (Å²) in [6.45, 7) is -0.119. The molecule has 0 aliphatic heterocycles. The third-order valence-corrected chi connectivity index (χ3v) is 5.36. The van der Waals surface area contributed by atoms with Crippen molar-refractivity contribution in [1.29, 1.82) is 0 Å². The maximum atomic E-state index is 12.2. The molecule has 0 saturated carbocycles. The Kier molecular flexibility index (Phi) is 6.65. The minimum atomic E-state index is -1.12. The molecule has 6 nitrogen and oxygen atoms in total. The summed E-state index contributed by atoms with van der Waals surface area (Å²) >= 11 is 12.1. The highest BCUT2D eigenvalue weighted by atomic mass is 35.5. The van der Waals surface area contributed by atoms with Crippen molar-refractivity contribution in [2.45, 2.75) is 31.3 Å². The fourth-order valence-corrected chi connectivity index (χ4v) is 3.77. The maximum absolute atomic E-state index is 12.2. The molecule has 28 heavy (non-hydrogen) atoms. The van der Waals surface area contributed by atoms with Gasteiger partial charge in [0.05, 0.1) is 22.3 Å². The summed E-state index contributed by atoms with van der Waals surface area (Å²) in [4.78, 5) is 23.8. The standard InChI is InChI=1S/C20H21Cl2N3O3/c21-15-6-3-7-16(22)18(15)25-17(19(26)27)11-23-20(28)24-14-9-8-12-4-1-2-5-13(12)10-14/h1-7,14,17,25H,8-11H2,(H,26,27)(H2,23,24,28)/t14?,17-/m0/s1. The normalized spacial score (nSPS) is 16.6. The predicted octanol–water partition coefficient (Wildman–Crippen LogP) is 3.72. The zero-order valence-electron chi connectivity index (χ0n) is 15.0. The van der Waals surface area contributed by atoms with Crippen molar-refractivity contribution in [2.75, 3.05) is 11.9 Å². The number of carbonyl (C=O) groups is 2. The Bertz CT molecular complexity index is 855. The van der Waals surface area contributed by atoms with Crippen LogP contribution in [0.1, 0.15) is 17.5 Å². The first-order chi connectivity index (χ1) is 13.4. The van der Waals surface area contributed by atoms with E-state index in [2.05, 4.69) is 28.1 Å². The minimum Gasteiger partial charge on any atom is -0.480 e. The summed E-state index contributed by atoms with van der Waals surface area (Å²) in [6, 6.07) is 11.6. The molecule has 1 unspecified atom stereocenters. The lowest BCUT2D eigenvalue weighted by molar-refractivity contribution is -0.137. The van der Waals surface area contributed by atoms with Gasteiger partial charge in [-0.25, -0.2) is 9.59 Å². The Balaban J connectivity index is 1.54. The molecule has 2 aromatic carbocycles. The first kappa shape index (κ1) is 20.3. The number of para-hydroxylation sites is 1. The fourth-order valence-electron chi connectivity index (χ4n) is 3.26. The topological polar surface area (TPSA) is 90.5 Å². The smallest absolute Gasteiger partial charge is 0.327 e. The maximum Gasteiger partial charge on any atom is 0.327 e. The van der Waals surface area contributed by atoms with Gasteiger partial charge in [0.25, 0.3) is 0 Å². The lowest BCUT2D eigenvalue weighted by Crippen LogP contribution is -2.49. The molecule has 8 heteroatoms. The Morgan fingerprint density at radius 2 is 1.75 bits per heavy atom. The van der Waals surface area contributed by atoms with Gasteiger partial charge in [0.1, 0.15) is 6.04 Å². The van der Waals surface area contributed by atoms with Crippen LogP contribution >= 0.6 is 23.2 Å². The molecule has 0 heterocycles. The predicted molar refractivity (Wildman–Crippen MR) is 110 cm³/mol. The van der Waals surface area contributed by atoms with E-state index in [-0.39, 0.29) is 12.6 Å². The molecule has 4 N–H and O–H groups in total. The number of carboxylic acids is 1. The van der Waals surface area contributed by atoms with Gasteiger partial charge < -0.3 is 21.1 Å². The number of aliphatic carboxylic acids is 1. The Labute approximate surface area is 173 Å². The van der Waals surface area contributed by atoms with Crippen molar-refractivity contribution < 1.29 is 14.7 Å². The van der Waals surface area contributed by atoms with Crippen LogP contribution in [0, 0.1) is 0 Å². The van der Waals surface area contributed by atoms with E-state index in [4.69, 9.17) is 23.2 Å². The highest BCUT2D eigenvalue weighted by Crippen LogP contribution is 2.30. The quantitative estimate of drug-likeness (QED) is 0.571. The third-order valence-electron chi connectivity index (χ3n) is 4.73. The molecule has 0 spiro atoms. The number of urea groups is 1. The number of hydrogen-bond acceptors (Lipinski definition) is 3. The minimum absolute atomic E-state index is 0.0177. The lowest BCUT2D eigenvalue weighted by atomic mass is 9.88. The highest BCUT2D eigenvalue weighted by Gasteiger charge is 2.23. The number of benzene rings is 2. The molecule has 2 atom stereocenters. The number of aryl methyl sites for hydroxylation is 1. The Morgan fingerprint density at radius 1 is 1.07 bits per heavy atom. The fraction of sp³-hybridized carbons (Fsp3) is 0.300. The number of amides is 2. The van der Waals surface area contributed by atoms with Crippen LogP contribution in [0.15, 0.2) is 42.5 Å². The van der Waals surface area contributed by atoms with E-state index in [9.17, 15) is 14.7 Å². The van der Waals surface area contributed by atoms with Crippen LogP contribution in [0.5, 0.6) is 0 Å². The molecule has 0 aromatic heterocycles. The van der Waals surface area contributed by atoms with E-state index >= 15 is 0 Å². The van der Waals surface area contributed by atoms with Gasteiger partial charge in [-0.3, -0.25) is 0 Å². The second kappa shape index (κ2) is 9.17. The summed E-state index contributed by atoms with van der Waals surface area (Å²) < 4.78 is 0. The number of carboxylic acid groups (broad SMARTS) is 1. The van der Waals surface area contributed by atoms with Crippen LogP contribution < -0.4 is 16.0 Å². The van der Waals surface area contributed by atoms with Gasteiger partial charge in [-0.15, -0.1) is 0 Å². The van der Waals surface area contributed by atoms with Gasteiger partial charge in [-0.1, -0.05) is 53.5 Å². The summed E-state index contributed by atoms with van der Waals surface area (Å²) in [6.07, 6.45) is 2.52. The third kappa shape index (κ3) is 5.09. The van der Waals surface area contributed by atoms with E-state index in [1.807, 2.05) is 12.1 Å². The summed E-state index contributed by atoms with van der Waals surface area (Å²) in [7, 11) is 0. The first-order valence-electron chi connectivity index (χ1n) is 8.98. The van der Waals surface area contributed by atoms with Gasteiger partial charge >= 0.3 is 12.0 Å². The van der Waals surface area contributed by atoms with Crippen molar-refractivity contribution in [3.8, 4) is 0 Å². The van der Waals surface area contributed by atoms with Crippen molar-refractivity contribution in [3.05, 3.63) is 63.6 Å². The van der Waals surface area contributed by atoms with E-state index in [1.54, 1.807) is 18.2 Å². The van der Waals surface area contributed by atoms with Crippen molar-refractivity contribution in [3.63, 3.8) is 0 Å². The average molecular weight is 422 g/mol. The molecule has 0 radical (unpaired) electrons. The van der Waals surface area contributed by atoms with Crippen molar-refractivity contribution >= 4 is 40.9 Å². The number of hydrogen-bond donors (Lipinski definition) is 4. The zero-order chi connectivity index (χ0) is 20.1. The number of carbonyl (C=O) groups excluding carboxylic acids is 1. The molecule has 0 fully saturated rings. The van der Waals surface area contributed by atoms with Gasteiger partial charge in [0, 0.05) is 6.04 Å². The van der Waals surface area contributed by atoms with Gasteiger partial charge in [0.2, 0.25) is 0 Å². The van der Waals surface area contributed by atoms with Crippen LogP contribution in [-0.4, -0.2) is 35.7 Å². The van der Waals surface area contributed by atoms with E-state index in [1.165, 1.54) is 11.1 Å². The van der Waals surface area contributed by atoms with Crippen LogP contribution in [-0.2, 0) is 17.6 Å². The van der Waals surface area contributed by atoms with Crippen molar-refractivity contribution in [1.82, 2.24) is 10.6 Å². The number of nitrogens with one attached hydrogen (secondary N) is 3. The molecule has 2 amide bonds. The molecule has 0 bridgehead atoms. The largest absolute Gasteiger partial charge is 0.480 e. The molecule has 1 aliphatic rings. The van der Waals surface area contributed by atoms with Gasteiger partial charge in [-0.05, 0) is 42.5 Å². The van der Waals surface area contributed by atoms with Crippen LogP contribution in [0.2, 0.25) is 10.0 Å². The molecular formula is C20H21Cl2N3O3. The van der Waals surface area contributed by atoms with Gasteiger partial charge in [-0.2, -0.15) is 0 Å². The second-order valence-corrected chi connectivity index (χ2v) is 7.51. The van der Waals surface area contributed by atoms with Crippen molar-refractivity contribution in [2.24, 2.45) is 0 Å². The lowest BCUT2D eigenvalue weighted by Gasteiger charge is -2.26. The number of halogens is 2. The molecule has 3 rings (SSSR count). The monoisotopic (exact) mass is 421 g/mol.